The SMILES string of the molecule is Cc1cccnc1CC(=O)c1sccc1Br. The van der Waals surface area contributed by atoms with Crippen molar-refractivity contribution in [1.29, 1.82) is 0 Å². The van der Waals surface area contributed by atoms with Crippen molar-refractivity contribution in [2.75, 3.05) is 0 Å². The number of ketones is 1. The zero-order valence-corrected chi connectivity index (χ0v) is 11.1. The molecule has 0 bridgehead atoms. The van der Waals surface area contributed by atoms with E-state index in [0.717, 1.165) is 20.6 Å². The van der Waals surface area contributed by atoms with Gasteiger partial charge in [0.05, 0.1) is 17.0 Å². The quantitative estimate of drug-likeness (QED) is 0.809. The van der Waals surface area contributed by atoms with Crippen LogP contribution in [0.25, 0.3) is 0 Å². The first-order valence-electron chi connectivity index (χ1n) is 4.85. The van der Waals surface area contributed by atoms with Crippen LogP contribution in [0.4, 0.5) is 0 Å². The molecular formula is C12H10BrNOS. The van der Waals surface area contributed by atoms with Crippen molar-refractivity contribution in [3.63, 3.8) is 0 Å². The summed E-state index contributed by atoms with van der Waals surface area (Å²) in [6.07, 6.45) is 2.09. The smallest absolute Gasteiger partial charge is 0.179 e. The third kappa shape index (κ3) is 2.39. The number of pyridine rings is 1. The summed E-state index contributed by atoms with van der Waals surface area (Å²) < 4.78 is 0.871. The maximum absolute atomic E-state index is 12.0. The lowest BCUT2D eigenvalue weighted by molar-refractivity contribution is 0.0995. The van der Waals surface area contributed by atoms with Gasteiger partial charge in [-0.2, -0.15) is 0 Å². The largest absolute Gasteiger partial charge is 0.293 e. The van der Waals surface area contributed by atoms with E-state index < -0.39 is 0 Å². The Labute approximate surface area is 106 Å². The summed E-state index contributed by atoms with van der Waals surface area (Å²) in [6, 6.07) is 5.74. The predicted octanol–water partition coefficient (Wildman–Crippen LogP) is 3.64. The summed E-state index contributed by atoms with van der Waals surface area (Å²) in [4.78, 5) is 17.0. The number of Topliss-reactive ketones (excluding diaryl/α,β-unsaturated/α-hetero) is 1. The highest BCUT2D eigenvalue weighted by atomic mass is 79.9. The molecule has 0 atom stereocenters. The van der Waals surface area contributed by atoms with Gasteiger partial charge in [-0.25, -0.2) is 0 Å². The maximum atomic E-state index is 12.0. The fourth-order valence-electron chi connectivity index (χ4n) is 1.43. The van der Waals surface area contributed by atoms with Gasteiger partial charge in [0.25, 0.3) is 0 Å². The number of thiophene rings is 1. The molecule has 0 aromatic carbocycles. The van der Waals surface area contributed by atoms with Gasteiger partial charge < -0.3 is 0 Å². The molecule has 2 aromatic heterocycles. The van der Waals surface area contributed by atoms with Gasteiger partial charge in [0, 0.05) is 10.7 Å². The van der Waals surface area contributed by atoms with Crippen LogP contribution >= 0.6 is 27.3 Å². The molecule has 2 rings (SSSR count). The molecule has 2 nitrogen and oxygen atoms in total. The fourth-order valence-corrected chi connectivity index (χ4v) is 2.96. The van der Waals surface area contributed by atoms with E-state index in [2.05, 4.69) is 20.9 Å². The number of aromatic nitrogens is 1. The number of rotatable bonds is 3. The van der Waals surface area contributed by atoms with Crippen molar-refractivity contribution in [2.45, 2.75) is 13.3 Å². The second-order valence-corrected chi connectivity index (χ2v) is 5.24. The van der Waals surface area contributed by atoms with E-state index in [1.165, 1.54) is 11.3 Å². The van der Waals surface area contributed by atoms with Gasteiger partial charge >= 0.3 is 0 Å². The molecule has 16 heavy (non-hydrogen) atoms. The topological polar surface area (TPSA) is 30.0 Å². The fraction of sp³-hybridized carbons (Fsp3) is 0.167. The van der Waals surface area contributed by atoms with E-state index in [9.17, 15) is 4.79 Å². The summed E-state index contributed by atoms with van der Waals surface area (Å²) >= 11 is 4.83. The van der Waals surface area contributed by atoms with E-state index in [1.807, 2.05) is 30.5 Å². The Morgan fingerprint density at radius 2 is 2.31 bits per heavy atom. The third-order valence-corrected chi connectivity index (χ3v) is 4.20. The van der Waals surface area contributed by atoms with Crippen molar-refractivity contribution in [2.24, 2.45) is 0 Å². The van der Waals surface area contributed by atoms with Crippen molar-refractivity contribution < 1.29 is 4.79 Å². The van der Waals surface area contributed by atoms with Crippen LogP contribution in [0.2, 0.25) is 0 Å². The molecule has 0 saturated heterocycles. The molecule has 0 amide bonds. The number of carbonyl (C=O) groups is 1. The van der Waals surface area contributed by atoms with Crippen LogP contribution in [0, 0.1) is 6.92 Å². The molecule has 82 valence electrons. The Bertz CT molecular complexity index is 521. The molecule has 0 aliphatic rings. The highest BCUT2D eigenvalue weighted by molar-refractivity contribution is 9.10. The molecular weight excluding hydrogens is 286 g/mol. The van der Waals surface area contributed by atoms with Crippen LogP contribution in [0.5, 0.6) is 0 Å². The summed E-state index contributed by atoms with van der Waals surface area (Å²) in [7, 11) is 0. The molecule has 0 saturated carbocycles. The summed E-state index contributed by atoms with van der Waals surface area (Å²) in [6.45, 7) is 1.97. The zero-order valence-electron chi connectivity index (χ0n) is 8.74. The molecule has 2 heterocycles. The third-order valence-electron chi connectivity index (χ3n) is 2.32. The molecule has 2 aromatic rings. The lowest BCUT2D eigenvalue weighted by Gasteiger charge is -2.02. The number of nitrogens with zero attached hydrogens (tertiary/aromatic N) is 1. The first kappa shape index (κ1) is 11.5. The van der Waals surface area contributed by atoms with Crippen LogP contribution < -0.4 is 0 Å². The van der Waals surface area contributed by atoms with Crippen LogP contribution in [0.3, 0.4) is 0 Å². The van der Waals surface area contributed by atoms with Gasteiger partial charge in [-0.3, -0.25) is 9.78 Å². The van der Waals surface area contributed by atoms with Crippen molar-refractivity contribution in [3.05, 3.63) is 50.4 Å². The molecule has 0 unspecified atom stereocenters. The van der Waals surface area contributed by atoms with E-state index in [0.29, 0.717) is 6.42 Å². The van der Waals surface area contributed by atoms with Crippen molar-refractivity contribution in [1.82, 2.24) is 4.98 Å². The predicted molar refractivity (Wildman–Crippen MR) is 69.0 cm³/mol. The Morgan fingerprint density at radius 3 is 2.94 bits per heavy atom. The second-order valence-electron chi connectivity index (χ2n) is 3.46. The van der Waals surface area contributed by atoms with Gasteiger partial charge in [0.15, 0.2) is 5.78 Å². The number of aryl methyl sites for hydroxylation is 1. The average Bonchev–Trinajstić information content (AvgIpc) is 2.68. The van der Waals surface area contributed by atoms with Gasteiger partial charge in [0.2, 0.25) is 0 Å². The van der Waals surface area contributed by atoms with Gasteiger partial charge in [-0.05, 0) is 45.9 Å². The molecule has 0 fully saturated rings. The summed E-state index contributed by atoms with van der Waals surface area (Å²) in [5, 5.41) is 1.91. The molecule has 0 spiro atoms. The van der Waals surface area contributed by atoms with Crippen LogP contribution in [0.15, 0.2) is 34.2 Å². The highest BCUT2D eigenvalue weighted by Crippen LogP contribution is 2.24. The lowest BCUT2D eigenvalue weighted by atomic mass is 10.1. The number of hydrogen-bond donors (Lipinski definition) is 0. The monoisotopic (exact) mass is 295 g/mol. The minimum atomic E-state index is 0.115. The van der Waals surface area contributed by atoms with Crippen LogP contribution in [-0.2, 0) is 6.42 Å². The summed E-state index contributed by atoms with van der Waals surface area (Å²) in [5.74, 6) is 0.115. The highest BCUT2D eigenvalue weighted by Gasteiger charge is 2.13. The van der Waals surface area contributed by atoms with Crippen LogP contribution in [-0.4, -0.2) is 10.8 Å². The molecule has 0 aliphatic heterocycles. The molecule has 0 aliphatic carbocycles. The number of hydrogen-bond acceptors (Lipinski definition) is 3. The van der Waals surface area contributed by atoms with Gasteiger partial charge in [-0.1, -0.05) is 6.07 Å². The van der Waals surface area contributed by atoms with E-state index >= 15 is 0 Å². The lowest BCUT2D eigenvalue weighted by Crippen LogP contribution is -2.05. The minimum absolute atomic E-state index is 0.115. The first-order valence-corrected chi connectivity index (χ1v) is 6.52. The summed E-state index contributed by atoms with van der Waals surface area (Å²) in [5.41, 5.74) is 1.91. The van der Waals surface area contributed by atoms with Crippen molar-refractivity contribution >= 4 is 33.0 Å². The Kier molecular flexibility index (Phi) is 3.51. The first-order chi connectivity index (χ1) is 7.68. The molecule has 4 heteroatoms. The zero-order chi connectivity index (χ0) is 11.5. The maximum Gasteiger partial charge on any atom is 0.179 e. The normalized spacial score (nSPS) is 10.4. The Morgan fingerprint density at radius 1 is 1.50 bits per heavy atom. The van der Waals surface area contributed by atoms with Gasteiger partial charge in [-0.15, -0.1) is 11.3 Å². The second kappa shape index (κ2) is 4.89. The van der Waals surface area contributed by atoms with E-state index in [-0.39, 0.29) is 5.78 Å². The average molecular weight is 296 g/mol. The van der Waals surface area contributed by atoms with E-state index in [1.54, 1.807) is 6.20 Å². The Balaban J connectivity index is 2.21. The van der Waals surface area contributed by atoms with Crippen molar-refractivity contribution in [3.8, 4) is 0 Å². The van der Waals surface area contributed by atoms with Crippen LogP contribution in [0.1, 0.15) is 20.9 Å². The number of halogens is 1. The molecule has 0 radical (unpaired) electrons. The number of carbonyl (C=O) groups excluding carboxylic acids is 1. The Hall–Kier alpha value is -1.00. The van der Waals surface area contributed by atoms with E-state index in [4.69, 9.17) is 0 Å². The standard InChI is InChI=1S/C12H10BrNOS/c1-8-3-2-5-14-10(8)7-11(15)12-9(13)4-6-16-12/h2-6H,7H2,1H3. The minimum Gasteiger partial charge on any atom is -0.293 e. The molecule has 0 N–H and O–H groups in total. The van der Waals surface area contributed by atoms with Gasteiger partial charge in [0.1, 0.15) is 0 Å².